The van der Waals surface area contributed by atoms with E-state index in [4.69, 9.17) is 0 Å². The summed E-state index contributed by atoms with van der Waals surface area (Å²) in [5.74, 6) is -6.65. The molecule has 0 spiro atoms. The molecule has 0 radical (unpaired) electrons. The number of nitrogens with one attached hydrogen (secondary N) is 1. The number of amides is 1. The highest BCUT2D eigenvalue weighted by Crippen LogP contribution is 2.35. The summed E-state index contributed by atoms with van der Waals surface area (Å²) in [7, 11) is 0. The average Bonchev–Trinajstić information content (AvgIpc) is 2.36. The predicted molar refractivity (Wildman–Crippen MR) is 56.6 cm³/mol. The van der Waals surface area contributed by atoms with Crippen molar-refractivity contribution in [2.45, 2.75) is 44.5 Å². The van der Waals surface area contributed by atoms with Crippen LogP contribution in [-0.4, -0.2) is 36.5 Å². The highest BCUT2D eigenvalue weighted by molar-refractivity contribution is 5.83. The maximum atomic E-state index is 12.7. The summed E-state index contributed by atoms with van der Waals surface area (Å²) in [6.45, 7) is -0.432. The van der Waals surface area contributed by atoms with Gasteiger partial charge in [0.1, 0.15) is 0 Å². The molecule has 0 aromatic carbocycles. The van der Waals surface area contributed by atoms with Gasteiger partial charge < -0.3 is 10.4 Å². The van der Waals surface area contributed by atoms with E-state index in [9.17, 15) is 27.5 Å². The number of aliphatic hydroxyl groups is 1. The summed E-state index contributed by atoms with van der Waals surface area (Å²) in [5.41, 5.74) is -0.647. The number of hydrogen-bond donors (Lipinski definition) is 2. The maximum absolute atomic E-state index is 12.7. The molecular formula is C11H17F4NO2. The Morgan fingerprint density at radius 2 is 1.83 bits per heavy atom. The number of carbonyl (C=O) groups is 1. The minimum atomic E-state index is -4.68. The summed E-state index contributed by atoms with van der Waals surface area (Å²) >= 11 is 0. The lowest BCUT2D eigenvalue weighted by atomic mass is 9.74. The van der Waals surface area contributed by atoms with Crippen LogP contribution < -0.4 is 5.32 Å². The van der Waals surface area contributed by atoms with Crippen LogP contribution in [0.1, 0.15) is 32.1 Å². The molecule has 106 valence electrons. The van der Waals surface area contributed by atoms with E-state index in [0.29, 0.717) is 12.8 Å². The van der Waals surface area contributed by atoms with Gasteiger partial charge in [-0.3, -0.25) is 4.79 Å². The van der Waals surface area contributed by atoms with Crippen LogP contribution in [0.2, 0.25) is 0 Å². The Morgan fingerprint density at radius 1 is 1.28 bits per heavy atom. The molecular weight excluding hydrogens is 254 g/mol. The third-order valence-electron chi connectivity index (χ3n) is 3.45. The van der Waals surface area contributed by atoms with E-state index in [-0.39, 0.29) is 13.2 Å². The second-order valence-electron chi connectivity index (χ2n) is 4.83. The van der Waals surface area contributed by atoms with E-state index in [0.717, 1.165) is 19.3 Å². The van der Waals surface area contributed by atoms with Crippen molar-refractivity contribution in [1.82, 2.24) is 5.32 Å². The van der Waals surface area contributed by atoms with Crippen molar-refractivity contribution in [3.8, 4) is 0 Å². The first-order valence-corrected chi connectivity index (χ1v) is 5.89. The molecule has 0 heterocycles. The SMILES string of the molecule is O=C(NCC1(CO)CCCCC1)C(F)(F)C(F)F. The molecule has 1 amide bonds. The van der Waals surface area contributed by atoms with E-state index in [1.165, 1.54) is 0 Å². The van der Waals surface area contributed by atoms with Crippen LogP contribution in [0.4, 0.5) is 17.6 Å². The van der Waals surface area contributed by atoms with Gasteiger partial charge in [0, 0.05) is 12.0 Å². The molecule has 0 saturated heterocycles. The van der Waals surface area contributed by atoms with Crippen LogP contribution >= 0.6 is 0 Å². The van der Waals surface area contributed by atoms with E-state index >= 15 is 0 Å². The smallest absolute Gasteiger partial charge is 0.383 e. The third kappa shape index (κ3) is 3.34. The van der Waals surface area contributed by atoms with Gasteiger partial charge in [0.25, 0.3) is 5.91 Å². The van der Waals surface area contributed by atoms with Crippen molar-refractivity contribution < 1.29 is 27.5 Å². The zero-order valence-electron chi connectivity index (χ0n) is 9.89. The van der Waals surface area contributed by atoms with Crippen molar-refractivity contribution in [3.63, 3.8) is 0 Å². The van der Waals surface area contributed by atoms with Gasteiger partial charge in [0.05, 0.1) is 6.61 Å². The minimum Gasteiger partial charge on any atom is -0.396 e. The molecule has 1 rings (SSSR count). The van der Waals surface area contributed by atoms with Gasteiger partial charge >= 0.3 is 12.3 Å². The van der Waals surface area contributed by atoms with Gasteiger partial charge in [-0.2, -0.15) is 8.78 Å². The zero-order chi connectivity index (χ0) is 13.8. The van der Waals surface area contributed by atoms with Crippen molar-refractivity contribution in [3.05, 3.63) is 0 Å². The number of hydrogen-bond acceptors (Lipinski definition) is 2. The molecule has 1 aliphatic carbocycles. The summed E-state index contributed by atoms with van der Waals surface area (Å²) in [5, 5.41) is 11.1. The topological polar surface area (TPSA) is 49.3 Å². The highest BCUT2D eigenvalue weighted by Gasteiger charge is 2.49. The third-order valence-corrected chi connectivity index (χ3v) is 3.45. The van der Waals surface area contributed by atoms with E-state index in [2.05, 4.69) is 0 Å². The summed E-state index contributed by atoms with van der Waals surface area (Å²) in [6, 6.07) is 0. The Kier molecular flexibility index (Phi) is 4.95. The molecule has 0 aromatic heterocycles. The van der Waals surface area contributed by atoms with Gasteiger partial charge in [-0.1, -0.05) is 19.3 Å². The molecule has 1 fully saturated rings. The van der Waals surface area contributed by atoms with Gasteiger partial charge in [0.2, 0.25) is 0 Å². The largest absolute Gasteiger partial charge is 0.396 e. The fourth-order valence-electron chi connectivity index (χ4n) is 2.18. The van der Waals surface area contributed by atoms with Crippen molar-refractivity contribution in [1.29, 1.82) is 0 Å². The monoisotopic (exact) mass is 271 g/mol. The van der Waals surface area contributed by atoms with E-state index in [1.807, 2.05) is 5.32 Å². The standard InChI is InChI=1S/C11H17F4NO2/c12-8(13)11(14,15)9(18)16-6-10(7-17)4-2-1-3-5-10/h8,17H,1-7H2,(H,16,18). The Bertz CT molecular complexity index is 291. The molecule has 18 heavy (non-hydrogen) atoms. The molecule has 1 aliphatic rings. The predicted octanol–water partition coefficient (Wildman–Crippen LogP) is 1.95. The van der Waals surface area contributed by atoms with Crippen LogP contribution in [0.3, 0.4) is 0 Å². The fraction of sp³-hybridized carbons (Fsp3) is 0.909. The summed E-state index contributed by atoms with van der Waals surface area (Å²) in [6.07, 6.45) is -0.158. The first-order chi connectivity index (χ1) is 8.34. The van der Waals surface area contributed by atoms with Crippen LogP contribution in [-0.2, 0) is 4.79 Å². The summed E-state index contributed by atoms with van der Waals surface area (Å²) in [4.78, 5) is 11.0. The molecule has 0 aliphatic heterocycles. The number of halogens is 4. The van der Waals surface area contributed by atoms with Crippen LogP contribution in [0.15, 0.2) is 0 Å². The molecule has 0 unspecified atom stereocenters. The molecule has 2 N–H and O–H groups in total. The van der Waals surface area contributed by atoms with Crippen molar-refractivity contribution in [2.24, 2.45) is 5.41 Å². The van der Waals surface area contributed by atoms with Crippen molar-refractivity contribution in [2.75, 3.05) is 13.2 Å². The van der Waals surface area contributed by atoms with Gasteiger partial charge in [-0.25, -0.2) is 8.78 Å². The molecule has 0 atom stereocenters. The highest BCUT2D eigenvalue weighted by atomic mass is 19.3. The Labute approximate surface area is 103 Å². The second-order valence-corrected chi connectivity index (χ2v) is 4.83. The van der Waals surface area contributed by atoms with E-state index < -0.39 is 23.7 Å². The molecule has 0 bridgehead atoms. The zero-order valence-corrected chi connectivity index (χ0v) is 9.89. The minimum absolute atomic E-state index is 0.190. The van der Waals surface area contributed by atoms with E-state index in [1.54, 1.807) is 0 Å². The molecule has 7 heteroatoms. The summed E-state index contributed by atoms with van der Waals surface area (Å²) < 4.78 is 49.3. The van der Waals surface area contributed by atoms with Crippen LogP contribution in [0, 0.1) is 5.41 Å². The number of rotatable bonds is 5. The van der Waals surface area contributed by atoms with Gasteiger partial charge in [-0.05, 0) is 12.8 Å². The Morgan fingerprint density at radius 3 is 2.28 bits per heavy atom. The van der Waals surface area contributed by atoms with Crippen LogP contribution in [0.5, 0.6) is 0 Å². The maximum Gasteiger partial charge on any atom is 0.383 e. The number of alkyl halides is 4. The fourth-order valence-corrected chi connectivity index (χ4v) is 2.18. The average molecular weight is 271 g/mol. The lowest BCUT2D eigenvalue weighted by Crippen LogP contribution is -2.49. The van der Waals surface area contributed by atoms with Gasteiger partial charge in [-0.15, -0.1) is 0 Å². The van der Waals surface area contributed by atoms with Crippen molar-refractivity contribution >= 4 is 5.91 Å². The molecule has 1 saturated carbocycles. The Balaban J connectivity index is 2.55. The van der Waals surface area contributed by atoms with Gasteiger partial charge in [0.15, 0.2) is 0 Å². The first-order valence-electron chi connectivity index (χ1n) is 5.89. The quantitative estimate of drug-likeness (QED) is 0.751. The van der Waals surface area contributed by atoms with Crippen LogP contribution in [0.25, 0.3) is 0 Å². The second kappa shape index (κ2) is 5.86. The lowest BCUT2D eigenvalue weighted by molar-refractivity contribution is -0.170. The normalized spacial score (nSPS) is 19.9. The molecule has 0 aromatic rings. The molecule has 3 nitrogen and oxygen atoms in total. The Hall–Kier alpha value is -0.850. The number of aliphatic hydroxyl groups excluding tert-OH is 1. The number of carbonyl (C=O) groups excluding carboxylic acids is 1. The first kappa shape index (κ1) is 15.2. The lowest BCUT2D eigenvalue weighted by Gasteiger charge is -2.36.